The average Bonchev–Trinajstić information content (AvgIpc) is 2.88. The third kappa shape index (κ3) is 3.70. The molecular formula is C20H29N2O4+. The van der Waals surface area contributed by atoms with Crippen molar-refractivity contribution in [2.24, 2.45) is 11.8 Å². The Morgan fingerprint density at radius 3 is 2.35 bits per heavy atom. The minimum absolute atomic E-state index is 0.0309. The molecule has 0 radical (unpaired) electrons. The second-order valence-electron chi connectivity index (χ2n) is 7.31. The van der Waals surface area contributed by atoms with Crippen molar-refractivity contribution in [2.45, 2.75) is 39.2 Å². The van der Waals surface area contributed by atoms with E-state index < -0.39 is 0 Å². The van der Waals surface area contributed by atoms with Gasteiger partial charge in [-0.2, -0.15) is 0 Å². The van der Waals surface area contributed by atoms with E-state index in [1.807, 2.05) is 32.2 Å². The normalized spacial score (nSPS) is 23.7. The molecule has 1 aromatic carbocycles. The summed E-state index contributed by atoms with van der Waals surface area (Å²) >= 11 is 0. The molecule has 1 unspecified atom stereocenters. The molecule has 6 heteroatoms. The Labute approximate surface area is 155 Å². The lowest BCUT2D eigenvalue weighted by molar-refractivity contribution is -0.901. The van der Waals surface area contributed by atoms with Crippen LogP contribution in [0.5, 0.6) is 11.5 Å². The average molecular weight is 361 g/mol. The van der Waals surface area contributed by atoms with Crippen molar-refractivity contribution in [3.63, 3.8) is 0 Å². The maximum Gasteiger partial charge on any atom is 0.237 e. The molecule has 0 spiro atoms. The van der Waals surface area contributed by atoms with Crippen LogP contribution in [0, 0.1) is 11.8 Å². The summed E-state index contributed by atoms with van der Waals surface area (Å²) in [6.07, 6.45) is 3.84. The van der Waals surface area contributed by atoms with Gasteiger partial charge in [0.15, 0.2) is 18.2 Å². The van der Waals surface area contributed by atoms with E-state index in [0.717, 1.165) is 41.9 Å². The SMILES string of the molecule is CCOc1ccc(C[NH+](C)CN2C(=O)[C@H]3CCCC[C@@H]3C2=O)cc1OC. The number of carbonyl (C=O) groups is 2. The first-order valence-corrected chi connectivity index (χ1v) is 9.51. The minimum Gasteiger partial charge on any atom is -0.493 e. The Hall–Kier alpha value is -2.08. The largest absolute Gasteiger partial charge is 0.493 e. The number of likely N-dealkylation sites (tertiary alicyclic amines) is 1. The lowest BCUT2D eigenvalue weighted by atomic mass is 9.81. The van der Waals surface area contributed by atoms with Crippen molar-refractivity contribution >= 4 is 11.8 Å². The highest BCUT2D eigenvalue weighted by Crippen LogP contribution is 2.37. The summed E-state index contributed by atoms with van der Waals surface area (Å²) in [5, 5.41) is 0. The second kappa shape index (κ2) is 8.08. The minimum atomic E-state index is -0.0744. The Morgan fingerprint density at radius 1 is 1.12 bits per heavy atom. The molecule has 1 aromatic rings. The van der Waals surface area contributed by atoms with Gasteiger partial charge in [0.2, 0.25) is 11.8 Å². The number of imide groups is 1. The summed E-state index contributed by atoms with van der Waals surface area (Å²) in [5.41, 5.74) is 1.08. The standard InChI is InChI=1S/C20H28N2O4/c1-4-26-17-10-9-14(11-18(17)25-3)12-21(2)13-22-19(23)15-7-5-6-8-16(15)20(22)24/h9-11,15-16H,4-8,12-13H2,1-3H3/p+1/t15-,16-/m0/s1. The molecule has 1 heterocycles. The first-order valence-electron chi connectivity index (χ1n) is 9.51. The molecule has 0 bridgehead atoms. The highest BCUT2D eigenvalue weighted by Gasteiger charge is 2.48. The molecule has 6 nitrogen and oxygen atoms in total. The van der Waals surface area contributed by atoms with Crippen molar-refractivity contribution in [2.75, 3.05) is 27.4 Å². The fourth-order valence-corrected chi connectivity index (χ4v) is 4.16. The highest BCUT2D eigenvalue weighted by atomic mass is 16.5. The Morgan fingerprint density at radius 2 is 1.77 bits per heavy atom. The highest BCUT2D eigenvalue weighted by molar-refractivity contribution is 6.05. The first-order chi connectivity index (χ1) is 12.5. The molecule has 0 aromatic heterocycles. The number of rotatable bonds is 7. The molecule has 2 aliphatic rings. The van der Waals surface area contributed by atoms with E-state index in [2.05, 4.69) is 0 Å². The third-order valence-corrected chi connectivity index (χ3v) is 5.39. The number of hydrogen-bond acceptors (Lipinski definition) is 4. The predicted octanol–water partition coefficient (Wildman–Crippen LogP) is 1.24. The van der Waals surface area contributed by atoms with Crippen molar-refractivity contribution in [1.29, 1.82) is 0 Å². The topological polar surface area (TPSA) is 60.3 Å². The molecule has 3 rings (SSSR count). The Kier molecular flexibility index (Phi) is 5.81. The van der Waals surface area contributed by atoms with Gasteiger partial charge >= 0.3 is 0 Å². The summed E-state index contributed by atoms with van der Waals surface area (Å²) in [5.74, 6) is 1.35. The van der Waals surface area contributed by atoms with Crippen LogP contribution in [0.25, 0.3) is 0 Å². The maximum absolute atomic E-state index is 12.6. The molecule has 3 atom stereocenters. The first kappa shape index (κ1) is 18.7. The summed E-state index contributed by atoms with van der Waals surface area (Å²) in [6, 6.07) is 5.87. The molecule has 1 aliphatic carbocycles. The van der Waals surface area contributed by atoms with Crippen LogP contribution < -0.4 is 14.4 Å². The fourth-order valence-electron chi connectivity index (χ4n) is 4.16. The van der Waals surface area contributed by atoms with E-state index in [-0.39, 0.29) is 23.7 Å². The number of nitrogens with zero attached hydrogens (tertiary/aromatic N) is 1. The van der Waals surface area contributed by atoms with E-state index in [4.69, 9.17) is 9.47 Å². The summed E-state index contributed by atoms with van der Waals surface area (Å²) in [4.78, 5) is 27.8. The van der Waals surface area contributed by atoms with Gasteiger partial charge in [-0.3, -0.25) is 9.59 Å². The van der Waals surface area contributed by atoms with E-state index >= 15 is 0 Å². The summed E-state index contributed by atoms with van der Waals surface area (Å²) in [6.45, 7) is 3.64. The van der Waals surface area contributed by atoms with Crippen LogP contribution >= 0.6 is 0 Å². The maximum atomic E-state index is 12.6. The van der Waals surface area contributed by atoms with Gasteiger partial charge in [0.1, 0.15) is 6.54 Å². The van der Waals surface area contributed by atoms with Crippen LogP contribution in [-0.2, 0) is 16.1 Å². The lowest BCUT2D eigenvalue weighted by Gasteiger charge is -2.21. The van der Waals surface area contributed by atoms with Gasteiger partial charge in [-0.25, -0.2) is 4.90 Å². The smallest absolute Gasteiger partial charge is 0.237 e. The van der Waals surface area contributed by atoms with Crippen LogP contribution in [0.15, 0.2) is 18.2 Å². The number of quaternary nitrogens is 1. The molecule has 2 fully saturated rings. The number of nitrogens with one attached hydrogen (secondary N) is 1. The zero-order valence-electron chi connectivity index (χ0n) is 15.9. The van der Waals surface area contributed by atoms with Crippen molar-refractivity contribution in [1.82, 2.24) is 4.90 Å². The number of hydrogen-bond donors (Lipinski definition) is 1. The van der Waals surface area contributed by atoms with Crippen LogP contribution in [0.3, 0.4) is 0 Å². The van der Waals surface area contributed by atoms with Crippen LogP contribution in [0.4, 0.5) is 0 Å². The number of fused-ring (bicyclic) bond motifs is 1. The van der Waals surface area contributed by atoms with Gasteiger partial charge in [-0.1, -0.05) is 12.8 Å². The van der Waals surface area contributed by atoms with Crippen LogP contribution in [0.1, 0.15) is 38.2 Å². The molecule has 1 saturated carbocycles. The van der Waals surface area contributed by atoms with E-state index in [9.17, 15) is 9.59 Å². The zero-order valence-corrected chi connectivity index (χ0v) is 15.9. The van der Waals surface area contributed by atoms with Gasteiger partial charge < -0.3 is 14.4 Å². The van der Waals surface area contributed by atoms with E-state index in [1.54, 1.807) is 7.11 Å². The van der Waals surface area contributed by atoms with E-state index in [0.29, 0.717) is 25.6 Å². The van der Waals surface area contributed by atoms with Crippen LogP contribution in [-0.4, -0.2) is 44.1 Å². The molecule has 26 heavy (non-hydrogen) atoms. The predicted molar refractivity (Wildman–Crippen MR) is 96.9 cm³/mol. The molecule has 1 N–H and O–H groups in total. The summed E-state index contributed by atoms with van der Waals surface area (Å²) in [7, 11) is 3.63. The second-order valence-corrected chi connectivity index (χ2v) is 7.31. The lowest BCUT2D eigenvalue weighted by Crippen LogP contribution is -3.09. The number of ether oxygens (including phenoxy) is 2. The quantitative estimate of drug-likeness (QED) is 0.743. The molecular weight excluding hydrogens is 332 g/mol. The van der Waals surface area contributed by atoms with Crippen molar-refractivity contribution in [3.05, 3.63) is 23.8 Å². The zero-order chi connectivity index (χ0) is 18.7. The number of benzene rings is 1. The monoisotopic (exact) mass is 361 g/mol. The molecule has 2 amide bonds. The van der Waals surface area contributed by atoms with Crippen molar-refractivity contribution in [3.8, 4) is 11.5 Å². The van der Waals surface area contributed by atoms with Crippen LogP contribution in [0.2, 0.25) is 0 Å². The van der Waals surface area contributed by atoms with Gasteiger partial charge in [0.05, 0.1) is 32.6 Å². The molecule has 1 aliphatic heterocycles. The Bertz CT molecular complexity index is 652. The van der Waals surface area contributed by atoms with Gasteiger partial charge in [-0.05, 0) is 38.0 Å². The van der Waals surface area contributed by atoms with Gasteiger partial charge in [0.25, 0.3) is 0 Å². The number of amides is 2. The molecule has 142 valence electrons. The van der Waals surface area contributed by atoms with Gasteiger partial charge in [-0.15, -0.1) is 0 Å². The number of carbonyl (C=O) groups excluding carboxylic acids is 2. The van der Waals surface area contributed by atoms with E-state index in [1.165, 1.54) is 4.90 Å². The third-order valence-electron chi connectivity index (χ3n) is 5.39. The molecule has 1 saturated heterocycles. The Balaban J connectivity index is 1.64. The van der Waals surface area contributed by atoms with Crippen molar-refractivity contribution < 1.29 is 24.0 Å². The van der Waals surface area contributed by atoms with Gasteiger partial charge in [0, 0.05) is 5.56 Å². The fraction of sp³-hybridized carbons (Fsp3) is 0.600. The number of methoxy groups -OCH3 is 1. The summed E-state index contributed by atoms with van der Waals surface area (Å²) < 4.78 is 10.9.